The van der Waals surface area contributed by atoms with E-state index in [1.807, 2.05) is 35.2 Å². The van der Waals surface area contributed by atoms with Crippen LogP contribution in [0.15, 0.2) is 42.7 Å². The smallest absolute Gasteiger partial charge is 0.255 e. The van der Waals surface area contributed by atoms with E-state index in [4.69, 9.17) is 11.6 Å². The van der Waals surface area contributed by atoms with Crippen molar-refractivity contribution < 1.29 is 9.90 Å². The summed E-state index contributed by atoms with van der Waals surface area (Å²) in [7, 11) is 0. The Bertz CT molecular complexity index is 746. The van der Waals surface area contributed by atoms with Crippen LogP contribution < -0.4 is 0 Å². The first-order valence-corrected chi connectivity index (χ1v) is 8.11. The van der Waals surface area contributed by atoms with Gasteiger partial charge >= 0.3 is 0 Å². The predicted octanol–water partition coefficient (Wildman–Crippen LogP) is 3.00. The largest absolute Gasteiger partial charge is 0.393 e. The van der Waals surface area contributed by atoms with Gasteiger partial charge in [0.05, 0.1) is 11.7 Å². The van der Waals surface area contributed by atoms with Gasteiger partial charge in [-0.25, -0.2) is 0 Å². The number of nitrogens with zero attached hydrogens (tertiary/aromatic N) is 2. The van der Waals surface area contributed by atoms with Crippen LogP contribution in [0.2, 0.25) is 5.02 Å². The molecule has 23 heavy (non-hydrogen) atoms. The van der Waals surface area contributed by atoms with Gasteiger partial charge in [-0.2, -0.15) is 0 Å². The summed E-state index contributed by atoms with van der Waals surface area (Å²) < 4.78 is 0. The number of halogens is 1. The molecule has 0 radical (unpaired) electrons. The van der Waals surface area contributed by atoms with E-state index < -0.39 is 0 Å². The number of aliphatic hydroxyl groups is 1. The van der Waals surface area contributed by atoms with Crippen LogP contribution >= 0.6 is 11.6 Å². The van der Waals surface area contributed by atoms with Gasteiger partial charge in [-0.05, 0) is 36.6 Å². The van der Waals surface area contributed by atoms with Crippen molar-refractivity contribution in [1.29, 1.82) is 0 Å². The summed E-state index contributed by atoms with van der Waals surface area (Å²) in [5, 5.41) is 10.1. The number of hydrogen-bond donors (Lipinski definition) is 1. The first kappa shape index (κ1) is 14.7. The number of amides is 1. The zero-order valence-electron chi connectivity index (χ0n) is 12.6. The molecular formula is C18H17ClN2O2. The summed E-state index contributed by atoms with van der Waals surface area (Å²) in [4.78, 5) is 18.6. The maximum absolute atomic E-state index is 12.6. The van der Waals surface area contributed by atoms with Gasteiger partial charge in [0, 0.05) is 41.5 Å². The van der Waals surface area contributed by atoms with Crippen LogP contribution in [0.1, 0.15) is 23.2 Å². The Hall–Kier alpha value is -1.91. The molecule has 5 heteroatoms. The highest BCUT2D eigenvalue weighted by Gasteiger charge is 2.53. The van der Waals surface area contributed by atoms with Gasteiger partial charge in [0.15, 0.2) is 0 Å². The number of carbonyl (C=O) groups is 1. The van der Waals surface area contributed by atoms with Crippen molar-refractivity contribution in [2.24, 2.45) is 5.41 Å². The highest BCUT2D eigenvalue weighted by atomic mass is 35.5. The van der Waals surface area contributed by atoms with Crippen molar-refractivity contribution in [3.8, 4) is 11.1 Å². The molecule has 0 unspecified atom stereocenters. The molecule has 2 fully saturated rings. The van der Waals surface area contributed by atoms with E-state index in [1.54, 1.807) is 12.4 Å². The van der Waals surface area contributed by atoms with Gasteiger partial charge in [0.25, 0.3) is 5.91 Å². The topological polar surface area (TPSA) is 53.4 Å². The van der Waals surface area contributed by atoms with E-state index >= 15 is 0 Å². The monoisotopic (exact) mass is 328 g/mol. The molecule has 1 N–H and O–H groups in total. The number of carbonyl (C=O) groups excluding carboxylic acids is 1. The SMILES string of the molecule is O=C(c1cncc(-c2ccc(Cl)cc2)c1)N1CC2(CC(O)C2)C1. The maximum atomic E-state index is 12.6. The van der Waals surface area contributed by atoms with E-state index in [0.717, 1.165) is 37.1 Å². The highest BCUT2D eigenvalue weighted by molar-refractivity contribution is 6.30. The zero-order chi connectivity index (χ0) is 16.0. The van der Waals surface area contributed by atoms with Crippen LogP contribution in [0.3, 0.4) is 0 Å². The summed E-state index contributed by atoms with van der Waals surface area (Å²) in [5.74, 6) is 0.0142. The first-order valence-electron chi connectivity index (χ1n) is 7.73. The Balaban J connectivity index is 1.50. The summed E-state index contributed by atoms with van der Waals surface area (Å²) in [6.07, 6.45) is 4.82. The molecule has 1 spiro atoms. The quantitative estimate of drug-likeness (QED) is 0.922. The summed E-state index contributed by atoms with van der Waals surface area (Å²) in [6, 6.07) is 9.36. The van der Waals surface area contributed by atoms with Crippen molar-refractivity contribution in [1.82, 2.24) is 9.88 Å². The minimum atomic E-state index is -0.179. The van der Waals surface area contributed by atoms with Gasteiger partial charge in [-0.1, -0.05) is 23.7 Å². The van der Waals surface area contributed by atoms with Gasteiger partial charge in [0.2, 0.25) is 0 Å². The fourth-order valence-corrected chi connectivity index (χ4v) is 3.77. The average Bonchev–Trinajstić information content (AvgIpc) is 2.50. The lowest BCUT2D eigenvalue weighted by Gasteiger charge is -2.57. The van der Waals surface area contributed by atoms with Crippen LogP contribution in [0, 0.1) is 5.41 Å². The Morgan fingerprint density at radius 3 is 2.52 bits per heavy atom. The zero-order valence-corrected chi connectivity index (χ0v) is 13.3. The normalized spacial score (nSPS) is 19.3. The molecule has 118 valence electrons. The van der Waals surface area contributed by atoms with Crippen LogP contribution in [0.25, 0.3) is 11.1 Å². The molecular weight excluding hydrogens is 312 g/mol. The van der Waals surface area contributed by atoms with Crippen LogP contribution in [0.5, 0.6) is 0 Å². The number of likely N-dealkylation sites (tertiary alicyclic amines) is 1. The molecule has 1 aromatic heterocycles. The van der Waals surface area contributed by atoms with E-state index in [0.29, 0.717) is 10.6 Å². The molecule has 1 aliphatic carbocycles. The molecule has 1 saturated carbocycles. The van der Waals surface area contributed by atoms with E-state index in [2.05, 4.69) is 4.98 Å². The van der Waals surface area contributed by atoms with Crippen LogP contribution in [-0.2, 0) is 0 Å². The van der Waals surface area contributed by atoms with Gasteiger partial charge in [-0.3, -0.25) is 9.78 Å². The molecule has 1 aliphatic heterocycles. The number of rotatable bonds is 2. The Morgan fingerprint density at radius 2 is 1.87 bits per heavy atom. The summed E-state index contributed by atoms with van der Waals surface area (Å²) in [6.45, 7) is 1.49. The third-order valence-electron chi connectivity index (χ3n) is 4.84. The lowest BCUT2D eigenvalue weighted by molar-refractivity contribution is -0.113. The molecule has 1 aromatic carbocycles. The third kappa shape index (κ3) is 2.62. The third-order valence-corrected chi connectivity index (χ3v) is 5.09. The standard InChI is InChI=1S/C18H17ClN2O2/c19-15-3-1-12(2-4-15)13-5-14(9-20-8-13)17(23)21-10-18(11-21)6-16(22)7-18/h1-5,8-9,16,22H,6-7,10-11H2. The van der Waals surface area contributed by atoms with Gasteiger partial charge in [-0.15, -0.1) is 0 Å². The fourth-order valence-electron chi connectivity index (χ4n) is 3.64. The Labute approximate surface area is 139 Å². The first-order chi connectivity index (χ1) is 11.0. The minimum Gasteiger partial charge on any atom is -0.393 e. The second-order valence-electron chi connectivity index (χ2n) is 6.69. The molecule has 0 atom stereocenters. The second kappa shape index (κ2) is 5.32. The molecule has 1 amide bonds. The van der Waals surface area contributed by atoms with E-state index in [9.17, 15) is 9.90 Å². The lowest BCUT2D eigenvalue weighted by atomic mass is 9.62. The van der Waals surface area contributed by atoms with Gasteiger partial charge in [0.1, 0.15) is 0 Å². The number of aromatic nitrogens is 1. The summed E-state index contributed by atoms with van der Waals surface area (Å²) >= 11 is 5.91. The van der Waals surface area contributed by atoms with Crippen molar-refractivity contribution in [2.45, 2.75) is 18.9 Å². The fraction of sp³-hybridized carbons (Fsp3) is 0.333. The summed E-state index contributed by atoms with van der Waals surface area (Å²) in [5.41, 5.74) is 2.67. The molecule has 2 aliphatic rings. The highest BCUT2D eigenvalue weighted by Crippen LogP contribution is 2.48. The average molecular weight is 329 g/mol. The van der Waals surface area contributed by atoms with Crippen LogP contribution in [-0.4, -0.2) is 40.1 Å². The van der Waals surface area contributed by atoms with Crippen LogP contribution in [0.4, 0.5) is 0 Å². The number of aliphatic hydroxyl groups excluding tert-OH is 1. The van der Waals surface area contributed by atoms with E-state index in [-0.39, 0.29) is 17.4 Å². The van der Waals surface area contributed by atoms with Crippen molar-refractivity contribution in [3.05, 3.63) is 53.3 Å². The molecule has 4 rings (SSSR count). The van der Waals surface area contributed by atoms with Crippen molar-refractivity contribution in [3.63, 3.8) is 0 Å². The lowest BCUT2D eigenvalue weighted by Crippen LogP contribution is -2.65. The molecule has 1 saturated heterocycles. The Kier molecular flexibility index (Phi) is 3.39. The number of benzene rings is 1. The molecule has 0 bridgehead atoms. The number of pyridine rings is 1. The van der Waals surface area contributed by atoms with Gasteiger partial charge < -0.3 is 10.0 Å². The van der Waals surface area contributed by atoms with Crippen molar-refractivity contribution in [2.75, 3.05) is 13.1 Å². The predicted molar refractivity (Wildman–Crippen MR) is 88.3 cm³/mol. The molecule has 2 aromatic rings. The molecule has 2 heterocycles. The molecule has 4 nitrogen and oxygen atoms in total. The minimum absolute atomic E-state index is 0.0142. The van der Waals surface area contributed by atoms with E-state index in [1.165, 1.54) is 0 Å². The van der Waals surface area contributed by atoms with Crippen molar-refractivity contribution >= 4 is 17.5 Å². The maximum Gasteiger partial charge on any atom is 0.255 e. The number of hydrogen-bond acceptors (Lipinski definition) is 3. The second-order valence-corrected chi connectivity index (χ2v) is 7.13. The Morgan fingerprint density at radius 1 is 1.17 bits per heavy atom.